The van der Waals surface area contributed by atoms with Crippen LogP contribution in [-0.2, 0) is 11.2 Å². The summed E-state index contributed by atoms with van der Waals surface area (Å²) in [5.41, 5.74) is 6.49. The minimum absolute atomic E-state index is 0.794. The van der Waals surface area contributed by atoms with Gasteiger partial charge in [0.2, 0.25) is 0 Å². The number of aromatic nitrogens is 2. The second kappa shape index (κ2) is 8.75. The molecule has 2 N–H and O–H groups in total. The number of nitrogens with zero attached hydrogens (tertiary/aromatic N) is 1. The smallest absolute Gasteiger partial charge is 0.146 e. The average molecular weight is 351 g/mol. The molecule has 3 rings (SSSR count). The molecule has 3 heterocycles. The number of hydrogen-bond donors (Lipinski definition) is 2. The molecule has 0 amide bonds. The Morgan fingerprint density at radius 3 is 2.77 bits per heavy atom. The van der Waals surface area contributed by atoms with Gasteiger partial charge in [0.1, 0.15) is 11.5 Å². The molecular formula is C22H29N3O. The van der Waals surface area contributed by atoms with Gasteiger partial charge in [-0.1, -0.05) is 32.6 Å². The summed E-state index contributed by atoms with van der Waals surface area (Å²) in [5.74, 6) is 0.794. The summed E-state index contributed by atoms with van der Waals surface area (Å²) in [7, 11) is 1.69. The van der Waals surface area contributed by atoms with Gasteiger partial charge in [0.05, 0.1) is 18.5 Å². The van der Waals surface area contributed by atoms with Crippen LogP contribution in [0.4, 0.5) is 0 Å². The van der Waals surface area contributed by atoms with Crippen molar-refractivity contribution in [1.29, 1.82) is 0 Å². The van der Waals surface area contributed by atoms with Crippen molar-refractivity contribution in [3.8, 4) is 0 Å². The van der Waals surface area contributed by atoms with E-state index in [0.717, 1.165) is 35.0 Å². The quantitative estimate of drug-likeness (QED) is 0.573. The number of hydrogen-bond acceptors (Lipinski definition) is 2. The molecule has 0 saturated heterocycles. The number of H-pyrrole nitrogens is 2. The fraction of sp³-hybridized carbons (Fsp3) is 0.409. The number of aliphatic imine (C=N–C) groups is 1. The van der Waals surface area contributed by atoms with Crippen molar-refractivity contribution in [3.05, 3.63) is 64.6 Å². The Morgan fingerprint density at radius 2 is 2.04 bits per heavy atom. The summed E-state index contributed by atoms with van der Waals surface area (Å²) >= 11 is 0. The molecule has 4 heteroatoms. The third kappa shape index (κ3) is 4.37. The van der Waals surface area contributed by atoms with Gasteiger partial charge in [-0.2, -0.15) is 0 Å². The SMILES string of the molecule is CCCCCCCc1[nH]c(/C=C2\N=C(c3ccc[nH]3)C=C2OC)cc1C. The first-order valence-corrected chi connectivity index (χ1v) is 9.60. The number of methoxy groups -OCH3 is 1. The highest BCUT2D eigenvalue weighted by molar-refractivity contribution is 6.11. The second-order valence-electron chi connectivity index (χ2n) is 6.87. The molecule has 26 heavy (non-hydrogen) atoms. The highest BCUT2D eigenvalue weighted by Crippen LogP contribution is 2.25. The minimum Gasteiger partial charge on any atom is -0.494 e. The molecule has 2 aromatic rings. The van der Waals surface area contributed by atoms with Crippen molar-refractivity contribution in [1.82, 2.24) is 9.97 Å². The van der Waals surface area contributed by atoms with E-state index >= 15 is 0 Å². The molecular weight excluding hydrogens is 322 g/mol. The van der Waals surface area contributed by atoms with E-state index in [4.69, 9.17) is 9.73 Å². The van der Waals surface area contributed by atoms with E-state index in [1.807, 2.05) is 24.4 Å². The highest BCUT2D eigenvalue weighted by atomic mass is 16.5. The van der Waals surface area contributed by atoms with Gasteiger partial charge >= 0.3 is 0 Å². The Bertz CT molecular complexity index is 807. The molecule has 0 fully saturated rings. The molecule has 0 aliphatic carbocycles. The van der Waals surface area contributed by atoms with Crippen molar-refractivity contribution in [2.75, 3.05) is 7.11 Å². The number of aryl methyl sites for hydroxylation is 2. The average Bonchev–Trinajstić information content (AvgIpc) is 3.35. The monoisotopic (exact) mass is 351 g/mol. The van der Waals surface area contributed by atoms with Gasteiger partial charge in [-0.15, -0.1) is 0 Å². The molecule has 1 aliphatic heterocycles. The number of aromatic amines is 2. The Balaban J connectivity index is 1.71. The van der Waals surface area contributed by atoms with Gasteiger partial charge in [0.15, 0.2) is 0 Å². The molecule has 0 unspecified atom stereocenters. The number of allylic oxidation sites excluding steroid dienone is 1. The maximum absolute atomic E-state index is 5.51. The first-order valence-electron chi connectivity index (χ1n) is 9.60. The summed E-state index contributed by atoms with van der Waals surface area (Å²) < 4.78 is 5.51. The maximum atomic E-state index is 5.51. The van der Waals surface area contributed by atoms with Gasteiger partial charge in [-0.3, -0.25) is 0 Å². The summed E-state index contributed by atoms with van der Waals surface area (Å²) in [5, 5.41) is 0. The lowest BCUT2D eigenvalue weighted by molar-refractivity contribution is 0.303. The highest BCUT2D eigenvalue weighted by Gasteiger charge is 2.17. The molecule has 0 atom stereocenters. The van der Waals surface area contributed by atoms with Crippen molar-refractivity contribution in [2.45, 2.75) is 52.4 Å². The Kier molecular flexibility index (Phi) is 6.16. The van der Waals surface area contributed by atoms with Crippen LogP contribution in [0, 0.1) is 6.92 Å². The van der Waals surface area contributed by atoms with E-state index in [1.165, 1.54) is 43.4 Å². The zero-order valence-electron chi connectivity index (χ0n) is 16.1. The van der Waals surface area contributed by atoms with E-state index in [9.17, 15) is 0 Å². The third-order valence-electron chi connectivity index (χ3n) is 4.82. The molecule has 138 valence electrons. The standard InChI is InChI=1S/C22H29N3O/c1-4-5-6-7-8-10-18-16(2)13-17(24-18)14-21-22(26-3)15-20(25-21)19-11-9-12-23-19/h9,11-15,23-24H,4-8,10H2,1-3H3/b21-14-. The molecule has 2 aromatic heterocycles. The van der Waals surface area contributed by atoms with Gasteiger partial charge in [-0.05, 0) is 49.6 Å². The fourth-order valence-electron chi connectivity index (χ4n) is 3.33. The lowest BCUT2D eigenvalue weighted by atomic mass is 10.1. The van der Waals surface area contributed by atoms with Crippen molar-refractivity contribution < 1.29 is 4.74 Å². The lowest BCUT2D eigenvalue weighted by Gasteiger charge is -2.01. The van der Waals surface area contributed by atoms with Crippen LogP contribution in [0.25, 0.3) is 6.08 Å². The first kappa shape index (κ1) is 18.3. The van der Waals surface area contributed by atoms with E-state index in [1.54, 1.807) is 7.11 Å². The number of rotatable bonds is 9. The van der Waals surface area contributed by atoms with E-state index < -0.39 is 0 Å². The predicted molar refractivity (Wildman–Crippen MR) is 108 cm³/mol. The van der Waals surface area contributed by atoms with Crippen LogP contribution in [0.3, 0.4) is 0 Å². The normalized spacial score (nSPS) is 15.4. The molecule has 0 bridgehead atoms. The number of unbranched alkanes of at least 4 members (excludes halogenated alkanes) is 4. The zero-order chi connectivity index (χ0) is 18.4. The number of nitrogens with one attached hydrogen (secondary N) is 2. The largest absolute Gasteiger partial charge is 0.494 e. The van der Waals surface area contributed by atoms with Crippen LogP contribution < -0.4 is 0 Å². The summed E-state index contributed by atoms with van der Waals surface area (Å²) in [6, 6.07) is 6.19. The second-order valence-corrected chi connectivity index (χ2v) is 6.87. The molecule has 0 aromatic carbocycles. The Hall–Kier alpha value is -2.49. The lowest BCUT2D eigenvalue weighted by Crippen LogP contribution is -1.93. The maximum Gasteiger partial charge on any atom is 0.146 e. The predicted octanol–water partition coefficient (Wildman–Crippen LogP) is 5.54. The molecule has 0 spiro atoms. The summed E-state index contributed by atoms with van der Waals surface area (Å²) in [4.78, 5) is 11.5. The first-order chi connectivity index (χ1) is 12.7. The van der Waals surface area contributed by atoms with E-state index in [2.05, 4.69) is 36.0 Å². The van der Waals surface area contributed by atoms with Gasteiger partial charge in [0.25, 0.3) is 0 Å². The number of ether oxygens (including phenoxy) is 1. The molecule has 1 aliphatic rings. The van der Waals surface area contributed by atoms with Crippen molar-refractivity contribution >= 4 is 11.8 Å². The van der Waals surface area contributed by atoms with Crippen LogP contribution in [-0.4, -0.2) is 22.8 Å². The van der Waals surface area contributed by atoms with E-state index in [-0.39, 0.29) is 0 Å². The topological polar surface area (TPSA) is 53.2 Å². The van der Waals surface area contributed by atoms with Crippen molar-refractivity contribution in [2.24, 2.45) is 4.99 Å². The van der Waals surface area contributed by atoms with Gasteiger partial charge < -0.3 is 14.7 Å². The minimum atomic E-state index is 0.794. The van der Waals surface area contributed by atoms with Crippen LogP contribution >= 0.6 is 0 Å². The Labute approximate surface area is 156 Å². The molecule has 4 nitrogen and oxygen atoms in total. The van der Waals surface area contributed by atoms with Crippen molar-refractivity contribution in [3.63, 3.8) is 0 Å². The summed E-state index contributed by atoms with van der Waals surface area (Å²) in [6.07, 6.45) is 13.6. The van der Waals surface area contributed by atoms with Crippen LogP contribution in [0.5, 0.6) is 0 Å². The third-order valence-corrected chi connectivity index (χ3v) is 4.82. The van der Waals surface area contributed by atoms with Gasteiger partial charge in [0, 0.05) is 23.7 Å². The molecule has 0 saturated carbocycles. The van der Waals surface area contributed by atoms with Crippen LogP contribution in [0.2, 0.25) is 0 Å². The van der Waals surface area contributed by atoms with E-state index in [0.29, 0.717) is 0 Å². The van der Waals surface area contributed by atoms with Gasteiger partial charge in [-0.25, -0.2) is 4.99 Å². The van der Waals surface area contributed by atoms with Crippen LogP contribution in [0.1, 0.15) is 61.7 Å². The van der Waals surface area contributed by atoms with Crippen LogP contribution in [0.15, 0.2) is 46.9 Å². The Morgan fingerprint density at radius 1 is 1.19 bits per heavy atom. The zero-order valence-corrected chi connectivity index (χ0v) is 16.1. The summed E-state index contributed by atoms with van der Waals surface area (Å²) in [6.45, 7) is 4.43. The molecule has 0 radical (unpaired) electrons. The fourth-order valence-corrected chi connectivity index (χ4v) is 3.33.